The number of halogens is 1. The van der Waals surface area contributed by atoms with Gasteiger partial charge in [-0.2, -0.15) is 5.10 Å². The zero-order valence-corrected chi connectivity index (χ0v) is 23.8. The van der Waals surface area contributed by atoms with Crippen molar-refractivity contribution in [3.8, 4) is 0 Å². The number of ether oxygens (including phenoxy) is 1. The van der Waals surface area contributed by atoms with E-state index in [4.69, 9.17) is 20.8 Å². The van der Waals surface area contributed by atoms with E-state index >= 15 is 0 Å². The molecule has 0 aliphatic carbocycles. The number of aryl methyl sites for hydroxylation is 2. The van der Waals surface area contributed by atoms with Gasteiger partial charge in [-0.1, -0.05) is 41.9 Å². The third-order valence-corrected chi connectivity index (χ3v) is 8.30. The lowest BCUT2D eigenvalue weighted by Crippen LogP contribution is -2.31. The van der Waals surface area contributed by atoms with Gasteiger partial charge in [-0.15, -0.1) is 0 Å². The quantitative estimate of drug-likeness (QED) is 0.255. The van der Waals surface area contributed by atoms with Crippen molar-refractivity contribution >= 4 is 44.9 Å². The molecule has 210 valence electrons. The standard InChI is InChI=1S/C30H26ClN3O6S/c1-19-5-3-6-24(15-19)33-41(37,38)28-16-22(9-8-20(28)2)30(36)40-18-29(35)34-26(27-7-4-14-39-27)17-25(32-34)21-10-12-23(31)13-11-21/h3-16,26,33H,17-18H2,1-2H3/t26-/m0/s1. The predicted octanol–water partition coefficient (Wildman–Crippen LogP) is 5.89. The molecule has 0 bridgehead atoms. The summed E-state index contributed by atoms with van der Waals surface area (Å²) >= 11 is 6.01. The van der Waals surface area contributed by atoms with Gasteiger partial charge < -0.3 is 9.15 Å². The maximum atomic E-state index is 13.2. The molecule has 41 heavy (non-hydrogen) atoms. The van der Waals surface area contributed by atoms with Gasteiger partial charge in [-0.25, -0.2) is 18.2 Å². The summed E-state index contributed by atoms with van der Waals surface area (Å²) in [4.78, 5) is 26.0. The van der Waals surface area contributed by atoms with E-state index in [1.807, 2.05) is 25.1 Å². The second-order valence-corrected chi connectivity index (χ2v) is 11.6. The number of rotatable bonds is 8. The molecule has 0 saturated carbocycles. The molecule has 4 aromatic rings. The van der Waals surface area contributed by atoms with Crippen molar-refractivity contribution < 1.29 is 27.2 Å². The van der Waals surface area contributed by atoms with Crippen molar-refractivity contribution in [2.24, 2.45) is 5.10 Å². The summed E-state index contributed by atoms with van der Waals surface area (Å²) in [5.41, 5.74) is 3.17. The first-order valence-electron chi connectivity index (χ1n) is 12.7. The van der Waals surface area contributed by atoms with Gasteiger partial charge in [0.15, 0.2) is 6.61 Å². The number of amides is 1. The highest BCUT2D eigenvalue weighted by molar-refractivity contribution is 7.92. The number of carbonyl (C=O) groups is 2. The van der Waals surface area contributed by atoms with Crippen LogP contribution in [0.15, 0.2) is 99.5 Å². The summed E-state index contributed by atoms with van der Waals surface area (Å²) in [7, 11) is -4.00. The van der Waals surface area contributed by atoms with Crippen LogP contribution in [-0.4, -0.2) is 37.6 Å². The number of anilines is 1. The smallest absolute Gasteiger partial charge is 0.338 e. The number of nitrogens with zero attached hydrogens (tertiary/aromatic N) is 2. The molecule has 0 radical (unpaired) electrons. The Balaban J connectivity index is 1.31. The number of hydrogen-bond acceptors (Lipinski definition) is 7. The molecule has 0 unspecified atom stereocenters. The van der Waals surface area contributed by atoms with Crippen LogP contribution in [0.3, 0.4) is 0 Å². The molecule has 2 heterocycles. The Bertz CT molecular complexity index is 1730. The van der Waals surface area contributed by atoms with Crippen molar-refractivity contribution in [2.75, 3.05) is 11.3 Å². The summed E-state index contributed by atoms with van der Waals surface area (Å²) in [6.07, 6.45) is 1.90. The maximum absolute atomic E-state index is 13.2. The van der Waals surface area contributed by atoms with Gasteiger partial charge in [-0.3, -0.25) is 9.52 Å². The van der Waals surface area contributed by atoms with Crippen molar-refractivity contribution in [3.63, 3.8) is 0 Å². The number of hydrazone groups is 1. The number of esters is 1. The second-order valence-electron chi connectivity index (χ2n) is 9.56. The molecule has 5 rings (SSSR count). The number of carbonyl (C=O) groups excluding carboxylic acids is 2. The van der Waals surface area contributed by atoms with Gasteiger partial charge in [0, 0.05) is 17.1 Å². The summed E-state index contributed by atoms with van der Waals surface area (Å²) in [6, 6.07) is 21.2. The topological polar surface area (TPSA) is 118 Å². The Kier molecular flexibility index (Phi) is 7.96. The van der Waals surface area contributed by atoms with Crippen LogP contribution in [0.5, 0.6) is 0 Å². The molecule has 0 spiro atoms. The summed E-state index contributed by atoms with van der Waals surface area (Å²) in [5.74, 6) is -0.877. The largest absolute Gasteiger partial charge is 0.467 e. The van der Waals surface area contributed by atoms with E-state index in [1.165, 1.54) is 29.5 Å². The van der Waals surface area contributed by atoms with Crippen LogP contribution in [0.4, 0.5) is 5.69 Å². The number of benzene rings is 3. The summed E-state index contributed by atoms with van der Waals surface area (Å²) in [6.45, 7) is 2.87. The minimum absolute atomic E-state index is 0.0117. The minimum atomic E-state index is -4.00. The second kappa shape index (κ2) is 11.6. The molecule has 1 aliphatic heterocycles. The fourth-order valence-corrected chi connectivity index (χ4v) is 5.92. The van der Waals surface area contributed by atoms with E-state index in [1.54, 1.807) is 49.4 Å². The SMILES string of the molecule is Cc1cccc(NS(=O)(=O)c2cc(C(=O)OCC(=O)N3N=C(c4ccc(Cl)cc4)C[C@H]3c3ccco3)ccc2C)c1. The Hall–Kier alpha value is -4.41. The van der Waals surface area contributed by atoms with Gasteiger partial charge in [0.1, 0.15) is 11.8 Å². The molecule has 9 nitrogen and oxygen atoms in total. The first-order chi connectivity index (χ1) is 19.6. The summed E-state index contributed by atoms with van der Waals surface area (Å²) in [5, 5.41) is 6.32. The Morgan fingerprint density at radius 2 is 1.83 bits per heavy atom. The molecule has 11 heteroatoms. The lowest BCUT2D eigenvalue weighted by Gasteiger charge is -2.19. The predicted molar refractivity (Wildman–Crippen MR) is 154 cm³/mol. The Morgan fingerprint density at radius 1 is 1.05 bits per heavy atom. The lowest BCUT2D eigenvalue weighted by molar-refractivity contribution is -0.136. The molecule has 3 aromatic carbocycles. The molecular weight excluding hydrogens is 566 g/mol. The monoisotopic (exact) mass is 591 g/mol. The van der Waals surface area contributed by atoms with Crippen LogP contribution in [0.2, 0.25) is 5.02 Å². The highest BCUT2D eigenvalue weighted by Crippen LogP contribution is 2.33. The first kappa shape index (κ1) is 28.1. The van der Waals surface area contributed by atoms with Crippen molar-refractivity contribution in [3.05, 3.63) is 118 Å². The zero-order valence-electron chi connectivity index (χ0n) is 22.2. The molecule has 1 atom stereocenters. The number of furan rings is 1. The van der Waals surface area contributed by atoms with Gasteiger partial charge in [0.25, 0.3) is 15.9 Å². The highest BCUT2D eigenvalue weighted by Gasteiger charge is 2.35. The van der Waals surface area contributed by atoms with Crippen molar-refractivity contribution in [1.29, 1.82) is 0 Å². The van der Waals surface area contributed by atoms with Crippen LogP contribution in [0, 0.1) is 13.8 Å². The van der Waals surface area contributed by atoms with Gasteiger partial charge in [0.2, 0.25) is 0 Å². The van der Waals surface area contributed by atoms with E-state index in [0.717, 1.165) is 11.1 Å². The van der Waals surface area contributed by atoms with Crippen molar-refractivity contribution in [1.82, 2.24) is 5.01 Å². The normalized spacial score (nSPS) is 15.0. The number of nitrogens with one attached hydrogen (secondary N) is 1. The van der Waals surface area contributed by atoms with E-state index in [0.29, 0.717) is 34.2 Å². The Morgan fingerprint density at radius 3 is 2.54 bits per heavy atom. The maximum Gasteiger partial charge on any atom is 0.338 e. The van der Waals surface area contributed by atoms with Crippen molar-refractivity contribution in [2.45, 2.75) is 31.2 Å². The van der Waals surface area contributed by atoms with E-state index in [-0.39, 0.29) is 10.5 Å². The van der Waals surface area contributed by atoms with Crippen LogP contribution >= 0.6 is 11.6 Å². The van der Waals surface area contributed by atoms with Crippen LogP contribution in [0.25, 0.3) is 0 Å². The zero-order chi connectivity index (χ0) is 29.1. The fourth-order valence-electron chi connectivity index (χ4n) is 4.47. The van der Waals surface area contributed by atoms with E-state index in [9.17, 15) is 18.0 Å². The minimum Gasteiger partial charge on any atom is -0.467 e. The van der Waals surface area contributed by atoms with Gasteiger partial charge >= 0.3 is 5.97 Å². The third-order valence-electron chi connectivity index (χ3n) is 6.53. The Labute approximate surface area is 242 Å². The van der Waals surface area contributed by atoms with E-state index < -0.39 is 34.5 Å². The number of hydrogen-bond donors (Lipinski definition) is 1. The highest BCUT2D eigenvalue weighted by atomic mass is 35.5. The molecule has 1 aromatic heterocycles. The molecule has 1 aliphatic rings. The molecule has 1 amide bonds. The van der Waals surface area contributed by atoms with Gasteiger partial charge in [-0.05, 0) is 79.1 Å². The van der Waals surface area contributed by atoms with E-state index in [2.05, 4.69) is 9.82 Å². The number of sulfonamides is 1. The first-order valence-corrected chi connectivity index (χ1v) is 14.5. The molecule has 1 N–H and O–H groups in total. The average Bonchev–Trinajstić information content (AvgIpc) is 3.62. The average molecular weight is 592 g/mol. The molecule has 0 fully saturated rings. The van der Waals surface area contributed by atoms with Crippen LogP contribution in [0.1, 0.15) is 45.3 Å². The molecule has 0 saturated heterocycles. The third kappa shape index (κ3) is 6.34. The van der Waals surface area contributed by atoms with Crippen LogP contribution in [-0.2, 0) is 19.6 Å². The fraction of sp³-hybridized carbons (Fsp3) is 0.167. The molecular formula is C30H26ClN3O6S. The summed E-state index contributed by atoms with van der Waals surface area (Å²) < 4.78 is 39.6. The van der Waals surface area contributed by atoms with Crippen LogP contribution < -0.4 is 4.72 Å². The lowest BCUT2D eigenvalue weighted by atomic mass is 10.0. The van der Waals surface area contributed by atoms with Gasteiger partial charge in [0.05, 0.1) is 22.4 Å².